The van der Waals surface area contributed by atoms with Crippen molar-refractivity contribution >= 4 is 0 Å². The van der Waals surface area contributed by atoms with Gasteiger partial charge in [0.2, 0.25) is 0 Å². The van der Waals surface area contributed by atoms with Crippen LogP contribution in [-0.4, -0.2) is 37.5 Å². The molecule has 0 aliphatic heterocycles. The Hall–Kier alpha value is -0.120. The number of aliphatic hydroxyl groups excluding tert-OH is 1. The van der Waals surface area contributed by atoms with E-state index in [0.717, 1.165) is 5.92 Å². The molecule has 92 valence electrons. The van der Waals surface area contributed by atoms with Gasteiger partial charge in [0.05, 0.1) is 12.7 Å². The summed E-state index contributed by atoms with van der Waals surface area (Å²) in [6.45, 7) is 7.70. The third kappa shape index (κ3) is 10.2. The van der Waals surface area contributed by atoms with Crippen LogP contribution in [-0.2, 0) is 4.74 Å². The summed E-state index contributed by atoms with van der Waals surface area (Å²) in [5.74, 6) is 0.788. The zero-order chi connectivity index (χ0) is 11.7. The average Bonchev–Trinajstić information content (AvgIpc) is 2.14. The van der Waals surface area contributed by atoms with Crippen molar-refractivity contribution in [2.75, 3.05) is 20.3 Å². The Labute approximate surface area is 94.2 Å². The Morgan fingerprint density at radius 1 is 1.20 bits per heavy atom. The molecule has 0 spiro atoms. The summed E-state index contributed by atoms with van der Waals surface area (Å²) in [4.78, 5) is 0. The van der Waals surface area contributed by atoms with E-state index >= 15 is 0 Å². The van der Waals surface area contributed by atoms with Gasteiger partial charge in [0.25, 0.3) is 0 Å². The SMILES string of the molecule is COCC(O)CNC(C)CCCC(C)C. The Balaban J connectivity index is 3.36. The number of rotatable bonds is 9. The van der Waals surface area contributed by atoms with Crippen molar-refractivity contribution in [2.45, 2.75) is 52.2 Å². The van der Waals surface area contributed by atoms with Crippen LogP contribution >= 0.6 is 0 Å². The van der Waals surface area contributed by atoms with Crippen molar-refractivity contribution in [3.63, 3.8) is 0 Å². The monoisotopic (exact) mass is 217 g/mol. The van der Waals surface area contributed by atoms with E-state index in [2.05, 4.69) is 26.1 Å². The molecule has 0 rings (SSSR count). The highest BCUT2D eigenvalue weighted by Crippen LogP contribution is 2.08. The second kappa shape index (κ2) is 9.13. The summed E-state index contributed by atoms with van der Waals surface area (Å²) < 4.78 is 4.86. The van der Waals surface area contributed by atoms with Crippen LogP contribution in [0.25, 0.3) is 0 Å². The van der Waals surface area contributed by atoms with E-state index in [1.54, 1.807) is 7.11 Å². The zero-order valence-corrected chi connectivity index (χ0v) is 10.6. The lowest BCUT2D eigenvalue weighted by molar-refractivity contribution is 0.0628. The molecule has 0 saturated heterocycles. The Morgan fingerprint density at radius 2 is 1.87 bits per heavy atom. The maximum Gasteiger partial charge on any atom is 0.0897 e. The summed E-state index contributed by atoms with van der Waals surface area (Å²) in [5, 5.41) is 12.7. The molecule has 0 aromatic carbocycles. The molecule has 0 amide bonds. The van der Waals surface area contributed by atoms with Gasteiger partial charge in [-0.05, 0) is 19.3 Å². The number of nitrogens with one attached hydrogen (secondary N) is 1. The highest BCUT2D eigenvalue weighted by Gasteiger charge is 2.06. The number of aliphatic hydroxyl groups is 1. The van der Waals surface area contributed by atoms with Gasteiger partial charge in [-0.25, -0.2) is 0 Å². The summed E-state index contributed by atoms with van der Waals surface area (Å²) >= 11 is 0. The molecule has 0 heterocycles. The van der Waals surface area contributed by atoms with Crippen molar-refractivity contribution in [1.29, 1.82) is 0 Å². The summed E-state index contributed by atoms with van der Waals surface area (Å²) in [6.07, 6.45) is 3.33. The van der Waals surface area contributed by atoms with E-state index < -0.39 is 0 Å². The van der Waals surface area contributed by atoms with E-state index in [-0.39, 0.29) is 6.10 Å². The summed E-state index contributed by atoms with van der Waals surface area (Å²) in [7, 11) is 1.61. The molecular formula is C12H27NO2. The third-order valence-electron chi connectivity index (χ3n) is 2.48. The van der Waals surface area contributed by atoms with Gasteiger partial charge in [-0.2, -0.15) is 0 Å². The van der Waals surface area contributed by atoms with E-state index in [1.807, 2.05) is 0 Å². The Kier molecular flexibility index (Phi) is 9.06. The third-order valence-corrected chi connectivity index (χ3v) is 2.48. The van der Waals surface area contributed by atoms with Crippen LogP contribution in [0.1, 0.15) is 40.0 Å². The molecule has 0 saturated carbocycles. The normalized spacial score (nSPS) is 15.6. The van der Waals surface area contributed by atoms with Crippen molar-refractivity contribution in [3.8, 4) is 0 Å². The van der Waals surface area contributed by atoms with Crippen LogP contribution in [0.3, 0.4) is 0 Å². The molecule has 15 heavy (non-hydrogen) atoms. The van der Waals surface area contributed by atoms with Gasteiger partial charge >= 0.3 is 0 Å². The van der Waals surface area contributed by atoms with Gasteiger partial charge in [-0.15, -0.1) is 0 Å². The first-order valence-corrected chi connectivity index (χ1v) is 5.96. The van der Waals surface area contributed by atoms with Crippen LogP contribution in [0.15, 0.2) is 0 Å². The number of methoxy groups -OCH3 is 1. The van der Waals surface area contributed by atoms with Crippen LogP contribution in [0, 0.1) is 5.92 Å². The fraction of sp³-hybridized carbons (Fsp3) is 1.00. The lowest BCUT2D eigenvalue weighted by Gasteiger charge is -2.17. The van der Waals surface area contributed by atoms with Crippen LogP contribution in [0.4, 0.5) is 0 Å². The van der Waals surface area contributed by atoms with Crippen LogP contribution in [0.5, 0.6) is 0 Å². The van der Waals surface area contributed by atoms with E-state index in [1.165, 1.54) is 19.3 Å². The highest BCUT2D eigenvalue weighted by molar-refractivity contribution is 4.65. The molecule has 0 radical (unpaired) electrons. The standard InChI is InChI=1S/C12H27NO2/c1-10(2)6-5-7-11(3)13-8-12(14)9-15-4/h10-14H,5-9H2,1-4H3. The Morgan fingerprint density at radius 3 is 2.40 bits per heavy atom. The summed E-state index contributed by atoms with van der Waals surface area (Å²) in [6, 6.07) is 0.482. The van der Waals surface area contributed by atoms with Crippen molar-refractivity contribution in [3.05, 3.63) is 0 Å². The minimum absolute atomic E-state index is 0.387. The molecule has 0 aliphatic carbocycles. The lowest BCUT2D eigenvalue weighted by Crippen LogP contribution is -2.35. The molecule has 3 heteroatoms. The van der Waals surface area contributed by atoms with Gasteiger partial charge < -0.3 is 15.2 Å². The smallest absolute Gasteiger partial charge is 0.0897 e. The topological polar surface area (TPSA) is 41.5 Å². The fourth-order valence-electron chi connectivity index (χ4n) is 1.52. The first kappa shape index (κ1) is 14.9. The van der Waals surface area contributed by atoms with Crippen LogP contribution < -0.4 is 5.32 Å². The second-order valence-electron chi connectivity index (χ2n) is 4.74. The molecule has 0 aliphatic rings. The quantitative estimate of drug-likeness (QED) is 0.619. The number of ether oxygens (including phenoxy) is 1. The predicted molar refractivity (Wildman–Crippen MR) is 64.0 cm³/mol. The molecule has 2 atom stereocenters. The van der Waals surface area contributed by atoms with E-state index in [0.29, 0.717) is 19.2 Å². The first-order chi connectivity index (χ1) is 7.06. The fourth-order valence-corrected chi connectivity index (χ4v) is 1.52. The summed E-state index contributed by atoms with van der Waals surface area (Å²) in [5.41, 5.74) is 0. The van der Waals surface area contributed by atoms with Gasteiger partial charge in [0.15, 0.2) is 0 Å². The second-order valence-corrected chi connectivity index (χ2v) is 4.74. The molecule has 0 aromatic heterocycles. The number of hydrogen-bond acceptors (Lipinski definition) is 3. The molecule has 0 bridgehead atoms. The molecule has 3 nitrogen and oxygen atoms in total. The van der Waals surface area contributed by atoms with Crippen molar-refractivity contribution in [2.24, 2.45) is 5.92 Å². The predicted octanol–water partition coefficient (Wildman–Crippen LogP) is 1.80. The van der Waals surface area contributed by atoms with E-state index in [4.69, 9.17) is 4.74 Å². The van der Waals surface area contributed by atoms with Gasteiger partial charge in [-0.1, -0.05) is 26.7 Å². The molecule has 0 fully saturated rings. The van der Waals surface area contributed by atoms with Gasteiger partial charge in [-0.3, -0.25) is 0 Å². The highest BCUT2D eigenvalue weighted by atomic mass is 16.5. The van der Waals surface area contributed by atoms with Crippen molar-refractivity contribution < 1.29 is 9.84 Å². The minimum atomic E-state index is -0.387. The minimum Gasteiger partial charge on any atom is -0.389 e. The zero-order valence-electron chi connectivity index (χ0n) is 10.6. The molecular weight excluding hydrogens is 190 g/mol. The Bertz CT molecular complexity index is 140. The van der Waals surface area contributed by atoms with Crippen molar-refractivity contribution in [1.82, 2.24) is 5.32 Å². The maximum absolute atomic E-state index is 9.42. The van der Waals surface area contributed by atoms with Gasteiger partial charge in [0.1, 0.15) is 0 Å². The lowest BCUT2D eigenvalue weighted by atomic mass is 10.0. The largest absolute Gasteiger partial charge is 0.389 e. The van der Waals surface area contributed by atoms with E-state index in [9.17, 15) is 5.11 Å². The van der Waals surface area contributed by atoms with Crippen LogP contribution in [0.2, 0.25) is 0 Å². The van der Waals surface area contributed by atoms with Gasteiger partial charge in [0, 0.05) is 19.7 Å². The average molecular weight is 217 g/mol. The molecule has 2 unspecified atom stereocenters. The number of hydrogen-bond donors (Lipinski definition) is 2. The maximum atomic E-state index is 9.42. The first-order valence-electron chi connectivity index (χ1n) is 5.96. The molecule has 0 aromatic rings. The molecule has 2 N–H and O–H groups in total.